The quantitative estimate of drug-likeness (QED) is 0.183. The van der Waals surface area contributed by atoms with E-state index in [9.17, 15) is 0 Å². The lowest BCUT2D eigenvalue weighted by atomic mass is 10.00. The Bertz CT molecular complexity index is 3630. The zero-order valence-corrected chi connectivity index (χ0v) is 30.1. The molecule has 0 saturated carbocycles. The van der Waals surface area contributed by atoms with Gasteiger partial charge >= 0.3 is 0 Å². The van der Waals surface area contributed by atoms with Crippen LogP contribution in [0.15, 0.2) is 168 Å². The standard InChI is InChI=1S/C50H27N3OS/c1-2-8-31-25-34(17-15-28(31)7-1)47-49-48(37-11-3-4-12-40(37)54-49)52-50(51-47)35-18-16-33-27-36(22-19-32(33)26-35)53-38-23-20-29-9-5-13-41-43(29)45(38)46-39(53)24-21-30-10-6-14-42(55-41)44(30)46/h1-27H. The van der Waals surface area contributed by atoms with Gasteiger partial charge in [-0.3, -0.25) is 0 Å². The Morgan fingerprint density at radius 3 is 1.85 bits per heavy atom. The molecule has 0 aliphatic carbocycles. The van der Waals surface area contributed by atoms with Crippen LogP contribution in [-0.2, 0) is 0 Å². The van der Waals surface area contributed by atoms with Crippen molar-refractivity contribution >= 4 is 108 Å². The van der Waals surface area contributed by atoms with Crippen LogP contribution in [0, 0.1) is 0 Å². The minimum absolute atomic E-state index is 0.674. The highest BCUT2D eigenvalue weighted by Crippen LogP contribution is 2.46. The van der Waals surface area contributed by atoms with E-state index >= 15 is 0 Å². The molecule has 0 bridgehead atoms. The Hall–Kier alpha value is -7.08. The van der Waals surface area contributed by atoms with Crippen molar-refractivity contribution in [2.45, 2.75) is 0 Å². The third-order valence-corrected chi connectivity index (χ3v) is 12.6. The third-order valence-electron chi connectivity index (χ3n) is 11.5. The van der Waals surface area contributed by atoms with Gasteiger partial charge in [-0.25, -0.2) is 9.97 Å². The molecule has 0 saturated heterocycles. The molecule has 5 heteroatoms. The molecular formula is C50H27N3OS. The molecule has 4 aromatic heterocycles. The van der Waals surface area contributed by atoms with Gasteiger partial charge in [0.15, 0.2) is 11.4 Å². The van der Waals surface area contributed by atoms with Crippen molar-refractivity contribution in [3.8, 4) is 28.3 Å². The van der Waals surface area contributed by atoms with Gasteiger partial charge in [0.25, 0.3) is 0 Å². The molecule has 9 aromatic carbocycles. The zero-order valence-electron chi connectivity index (χ0n) is 29.2. The van der Waals surface area contributed by atoms with Gasteiger partial charge in [0, 0.05) is 53.1 Å². The fourth-order valence-electron chi connectivity index (χ4n) is 9.01. The number of fused-ring (bicyclic) bond motifs is 5. The third kappa shape index (κ3) is 4.10. The minimum Gasteiger partial charge on any atom is -0.452 e. The number of nitrogens with zero attached hydrogens (tertiary/aromatic N) is 3. The van der Waals surface area contributed by atoms with Crippen LogP contribution >= 0.6 is 11.3 Å². The lowest BCUT2D eigenvalue weighted by Crippen LogP contribution is -1.95. The predicted octanol–water partition coefficient (Wildman–Crippen LogP) is 14.1. The van der Waals surface area contributed by atoms with E-state index in [2.05, 4.69) is 150 Å². The average Bonchev–Trinajstić information content (AvgIpc) is 3.74. The topological polar surface area (TPSA) is 43.9 Å². The predicted molar refractivity (Wildman–Crippen MR) is 231 cm³/mol. The second-order valence-corrected chi connectivity index (χ2v) is 15.6. The van der Waals surface area contributed by atoms with Gasteiger partial charge in [0.05, 0.1) is 11.0 Å². The van der Waals surface area contributed by atoms with Gasteiger partial charge in [-0.05, 0) is 93.0 Å². The van der Waals surface area contributed by atoms with Crippen molar-refractivity contribution in [2.24, 2.45) is 0 Å². The summed E-state index contributed by atoms with van der Waals surface area (Å²) in [4.78, 5) is 10.4. The largest absolute Gasteiger partial charge is 0.452 e. The van der Waals surface area contributed by atoms with Gasteiger partial charge in [-0.2, -0.15) is 0 Å². The van der Waals surface area contributed by atoms with Crippen LogP contribution in [0.4, 0.5) is 0 Å². The van der Waals surface area contributed by atoms with Gasteiger partial charge in [-0.15, -0.1) is 11.3 Å². The van der Waals surface area contributed by atoms with Crippen molar-refractivity contribution in [2.75, 3.05) is 0 Å². The molecule has 13 aromatic rings. The van der Waals surface area contributed by atoms with Crippen LogP contribution in [0.25, 0.3) is 125 Å². The summed E-state index contributed by atoms with van der Waals surface area (Å²) in [5.41, 5.74) is 8.69. The number of rotatable bonds is 3. The summed E-state index contributed by atoms with van der Waals surface area (Å²) in [6.45, 7) is 0. The Kier molecular flexibility index (Phi) is 5.74. The van der Waals surface area contributed by atoms with Crippen molar-refractivity contribution in [1.82, 2.24) is 14.5 Å². The maximum atomic E-state index is 6.45. The molecule has 0 aliphatic heterocycles. The first-order chi connectivity index (χ1) is 27.2. The van der Waals surface area contributed by atoms with E-state index in [0.717, 1.165) is 55.2 Å². The highest BCUT2D eigenvalue weighted by molar-refractivity contribution is 7.24. The number of para-hydroxylation sites is 1. The van der Waals surface area contributed by atoms with E-state index < -0.39 is 0 Å². The number of furan rings is 1. The van der Waals surface area contributed by atoms with Gasteiger partial charge in [0.1, 0.15) is 16.8 Å². The van der Waals surface area contributed by atoms with Crippen molar-refractivity contribution in [3.63, 3.8) is 0 Å². The highest BCUT2D eigenvalue weighted by atomic mass is 32.1. The van der Waals surface area contributed by atoms with Crippen LogP contribution in [-0.4, -0.2) is 14.5 Å². The molecule has 0 aliphatic rings. The number of benzene rings is 9. The van der Waals surface area contributed by atoms with Gasteiger partial charge < -0.3 is 8.98 Å². The summed E-state index contributed by atoms with van der Waals surface area (Å²) in [7, 11) is 0. The van der Waals surface area contributed by atoms with E-state index in [4.69, 9.17) is 14.4 Å². The van der Waals surface area contributed by atoms with Crippen LogP contribution in [0.1, 0.15) is 0 Å². The Morgan fingerprint density at radius 1 is 0.455 bits per heavy atom. The second kappa shape index (κ2) is 10.8. The van der Waals surface area contributed by atoms with E-state index in [1.165, 1.54) is 58.1 Å². The molecule has 254 valence electrons. The molecule has 4 nitrogen and oxygen atoms in total. The van der Waals surface area contributed by atoms with E-state index in [1.807, 2.05) is 29.5 Å². The molecule has 0 unspecified atom stereocenters. The number of hydrogen-bond donors (Lipinski definition) is 0. The highest BCUT2D eigenvalue weighted by Gasteiger charge is 2.22. The maximum Gasteiger partial charge on any atom is 0.180 e. The van der Waals surface area contributed by atoms with E-state index in [1.54, 1.807) is 0 Å². The molecule has 55 heavy (non-hydrogen) atoms. The summed E-state index contributed by atoms with van der Waals surface area (Å²) in [6, 6.07) is 59.0. The van der Waals surface area contributed by atoms with Crippen LogP contribution < -0.4 is 0 Å². The van der Waals surface area contributed by atoms with Crippen LogP contribution in [0.5, 0.6) is 0 Å². The maximum absolute atomic E-state index is 6.45. The Balaban J connectivity index is 1.01. The number of hydrogen-bond acceptors (Lipinski definition) is 4. The summed E-state index contributed by atoms with van der Waals surface area (Å²) in [6.07, 6.45) is 0. The molecule has 4 heterocycles. The first-order valence-electron chi connectivity index (χ1n) is 18.6. The summed E-state index contributed by atoms with van der Waals surface area (Å²) < 4.78 is 11.5. The van der Waals surface area contributed by atoms with Crippen molar-refractivity contribution in [1.29, 1.82) is 0 Å². The lowest BCUT2D eigenvalue weighted by Gasteiger charge is -2.12. The summed E-state index contributed by atoms with van der Waals surface area (Å²) in [5, 5.41) is 13.5. The summed E-state index contributed by atoms with van der Waals surface area (Å²) in [5.74, 6) is 0.674. The lowest BCUT2D eigenvalue weighted by molar-refractivity contribution is 0.667. The Morgan fingerprint density at radius 2 is 1.05 bits per heavy atom. The van der Waals surface area contributed by atoms with Crippen LogP contribution in [0.2, 0.25) is 0 Å². The first-order valence-corrected chi connectivity index (χ1v) is 19.4. The zero-order chi connectivity index (χ0) is 35.8. The van der Waals surface area contributed by atoms with Gasteiger partial charge in [-0.1, -0.05) is 103 Å². The fraction of sp³-hybridized carbons (Fsp3) is 0. The van der Waals surface area contributed by atoms with Crippen molar-refractivity contribution < 1.29 is 4.42 Å². The molecule has 13 rings (SSSR count). The minimum atomic E-state index is 0.674. The number of aromatic nitrogens is 3. The van der Waals surface area contributed by atoms with E-state index in [-0.39, 0.29) is 0 Å². The monoisotopic (exact) mass is 717 g/mol. The normalized spacial score (nSPS) is 12.4. The molecule has 0 N–H and O–H groups in total. The molecule has 0 fully saturated rings. The molecule has 0 amide bonds. The second-order valence-electron chi connectivity index (χ2n) is 14.5. The smallest absolute Gasteiger partial charge is 0.180 e. The van der Waals surface area contributed by atoms with E-state index in [0.29, 0.717) is 11.4 Å². The SMILES string of the molecule is c1ccc2cc(-c3nc(-c4ccc5cc(-n6c7ccc8cccc9sc%10cccc%11ccc6c(c%11%10)c7c89)ccc5c4)nc4c3oc3ccccc34)ccc2c1. The van der Waals surface area contributed by atoms with Crippen molar-refractivity contribution in [3.05, 3.63) is 164 Å². The van der Waals surface area contributed by atoms with Crippen LogP contribution in [0.3, 0.4) is 0 Å². The Labute approximate surface area is 317 Å². The first kappa shape index (κ1) is 29.4. The molecule has 0 radical (unpaired) electrons. The molecule has 0 spiro atoms. The fourth-order valence-corrected chi connectivity index (χ4v) is 10.2. The molecular weight excluding hydrogens is 691 g/mol. The van der Waals surface area contributed by atoms with Gasteiger partial charge in [0.2, 0.25) is 0 Å². The molecule has 0 atom stereocenters. The summed E-state index contributed by atoms with van der Waals surface area (Å²) >= 11 is 1.89. The average molecular weight is 718 g/mol.